The van der Waals surface area contributed by atoms with Crippen LogP contribution in [0.3, 0.4) is 0 Å². The van der Waals surface area contributed by atoms with Crippen molar-refractivity contribution >= 4 is 0 Å². The first-order valence-electron chi connectivity index (χ1n) is 3.52. The molecule has 1 heterocycles. The summed E-state index contributed by atoms with van der Waals surface area (Å²) in [6.45, 7) is 0.193. The first-order chi connectivity index (χ1) is 5.74. The molecule has 0 unspecified atom stereocenters. The van der Waals surface area contributed by atoms with Gasteiger partial charge >= 0.3 is 0 Å². The van der Waals surface area contributed by atoms with Gasteiger partial charge in [0.2, 0.25) is 5.56 Å². The molecule has 0 saturated heterocycles. The van der Waals surface area contributed by atoms with E-state index < -0.39 is 0 Å². The number of hydrogen-bond acceptors (Lipinski definition) is 3. The monoisotopic (exact) mass is 169 g/mol. The van der Waals surface area contributed by atoms with Crippen LogP contribution in [0.4, 0.5) is 0 Å². The Morgan fingerprint density at radius 2 is 2.25 bits per heavy atom. The van der Waals surface area contributed by atoms with E-state index in [2.05, 4.69) is 0 Å². The van der Waals surface area contributed by atoms with Gasteiger partial charge in [0.05, 0.1) is 0 Å². The summed E-state index contributed by atoms with van der Waals surface area (Å²) in [6.07, 6.45) is 1.61. The van der Waals surface area contributed by atoms with Crippen molar-refractivity contribution in [3.63, 3.8) is 0 Å². The van der Waals surface area contributed by atoms with Crippen molar-refractivity contribution < 1.29 is 9.47 Å². The molecule has 0 atom stereocenters. The standard InChI is InChI=1S/C8H11NO3/c1-9-5-7(12-6-11-2)3-4-8(9)10/h3-5H,6H2,1-2H3. The second kappa shape index (κ2) is 3.92. The predicted octanol–water partition coefficient (Wildman–Crippen LogP) is 0.368. The first-order valence-corrected chi connectivity index (χ1v) is 3.52. The summed E-state index contributed by atoms with van der Waals surface area (Å²) in [7, 11) is 3.21. The summed E-state index contributed by atoms with van der Waals surface area (Å²) in [6, 6.07) is 3.06. The molecule has 1 aromatic heterocycles. The Labute approximate surface area is 70.3 Å². The highest BCUT2D eigenvalue weighted by molar-refractivity contribution is 5.16. The number of aryl methyl sites for hydroxylation is 1. The normalized spacial score (nSPS) is 9.83. The zero-order valence-electron chi connectivity index (χ0n) is 7.11. The van der Waals surface area contributed by atoms with Gasteiger partial charge in [-0.3, -0.25) is 4.79 Å². The fourth-order valence-electron chi connectivity index (χ4n) is 0.781. The van der Waals surface area contributed by atoms with Crippen LogP contribution in [0.5, 0.6) is 5.75 Å². The first kappa shape index (κ1) is 8.80. The Morgan fingerprint density at radius 3 is 2.83 bits per heavy atom. The van der Waals surface area contributed by atoms with E-state index in [1.54, 1.807) is 26.4 Å². The molecule has 12 heavy (non-hydrogen) atoms. The molecule has 0 aromatic carbocycles. The van der Waals surface area contributed by atoms with Gasteiger partial charge in [-0.25, -0.2) is 0 Å². The van der Waals surface area contributed by atoms with E-state index in [-0.39, 0.29) is 12.4 Å². The maximum absolute atomic E-state index is 10.9. The van der Waals surface area contributed by atoms with Gasteiger partial charge in [0.15, 0.2) is 6.79 Å². The molecular weight excluding hydrogens is 158 g/mol. The van der Waals surface area contributed by atoms with Crippen molar-refractivity contribution in [2.75, 3.05) is 13.9 Å². The Morgan fingerprint density at radius 1 is 1.50 bits per heavy atom. The van der Waals surface area contributed by atoms with Crippen molar-refractivity contribution in [2.24, 2.45) is 7.05 Å². The molecule has 1 rings (SSSR count). The largest absolute Gasteiger partial charge is 0.466 e. The lowest BCUT2D eigenvalue weighted by Gasteiger charge is -2.04. The van der Waals surface area contributed by atoms with Gasteiger partial charge in [0.25, 0.3) is 0 Å². The van der Waals surface area contributed by atoms with E-state index in [0.29, 0.717) is 5.75 Å². The molecule has 66 valence electrons. The molecule has 0 aliphatic carbocycles. The average Bonchev–Trinajstić information content (AvgIpc) is 2.07. The summed E-state index contributed by atoms with van der Waals surface area (Å²) >= 11 is 0. The Balaban J connectivity index is 2.75. The molecule has 0 radical (unpaired) electrons. The third-order valence-corrected chi connectivity index (χ3v) is 1.40. The van der Waals surface area contributed by atoms with Gasteiger partial charge < -0.3 is 14.0 Å². The maximum Gasteiger partial charge on any atom is 0.250 e. The Bertz CT molecular complexity index is 305. The van der Waals surface area contributed by atoms with Gasteiger partial charge in [-0.2, -0.15) is 0 Å². The highest BCUT2D eigenvalue weighted by Crippen LogP contribution is 2.04. The van der Waals surface area contributed by atoms with Crippen LogP contribution < -0.4 is 10.3 Å². The molecule has 0 aliphatic rings. The lowest BCUT2D eigenvalue weighted by molar-refractivity contribution is 0.0506. The number of pyridine rings is 1. The Kier molecular flexibility index (Phi) is 2.88. The van der Waals surface area contributed by atoms with Crippen LogP contribution >= 0.6 is 0 Å². The molecule has 0 amide bonds. The van der Waals surface area contributed by atoms with E-state index in [1.807, 2.05) is 0 Å². The average molecular weight is 169 g/mol. The van der Waals surface area contributed by atoms with Crippen molar-refractivity contribution in [1.29, 1.82) is 0 Å². The minimum absolute atomic E-state index is 0.0558. The van der Waals surface area contributed by atoms with Gasteiger partial charge in [-0.05, 0) is 6.07 Å². The number of ether oxygens (including phenoxy) is 2. The van der Waals surface area contributed by atoms with E-state index in [1.165, 1.54) is 10.6 Å². The quantitative estimate of drug-likeness (QED) is 0.614. The lowest BCUT2D eigenvalue weighted by Crippen LogP contribution is -2.14. The van der Waals surface area contributed by atoms with E-state index >= 15 is 0 Å². The summed E-state index contributed by atoms with van der Waals surface area (Å²) < 4.78 is 11.3. The van der Waals surface area contributed by atoms with Crippen molar-refractivity contribution in [3.05, 3.63) is 28.7 Å². The van der Waals surface area contributed by atoms with Crippen LogP contribution in [0, 0.1) is 0 Å². The molecule has 0 bridgehead atoms. The second-order valence-electron chi connectivity index (χ2n) is 2.36. The number of methoxy groups -OCH3 is 1. The lowest BCUT2D eigenvalue weighted by atomic mass is 10.4. The molecule has 0 saturated carbocycles. The van der Waals surface area contributed by atoms with E-state index in [9.17, 15) is 4.79 Å². The Hall–Kier alpha value is -1.29. The summed E-state index contributed by atoms with van der Waals surface area (Å²) in [5.41, 5.74) is -0.0558. The summed E-state index contributed by atoms with van der Waals surface area (Å²) in [5, 5.41) is 0. The maximum atomic E-state index is 10.9. The zero-order chi connectivity index (χ0) is 8.97. The third kappa shape index (κ3) is 2.10. The molecule has 1 aromatic rings. The zero-order valence-corrected chi connectivity index (χ0v) is 7.11. The van der Waals surface area contributed by atoms with Crippen LogP contribution in [0.25, 0.3) is 0 Å². The van der Waals surface area contributed by atoms with Crippen molar-refractivity contribution in [3.8, 4) is 5.75 Å². The van der Waals surface area contributed by atoms with Crippen LogP contribution in [0.15, 0.2) is 23.1 Å². The van der Waals surface area contributed by atoms with Crippen LogP contribution in [-0.2, 0) is 11.8 Å². The smallest absolute Gasteiger partial charge is 0.250 e. The number of hydrogen-bond donors (Lipinski definition) is 0. The van der Waals surface area contributed by atoms with Gasteiger partial charge in [-0.1, -0.05) is 0 Å². The van der Waals surface area contributed by atoms with Gasteiger partial charge in [-0.15, -0.1) is 0 Å². The van der Waals surface area contributed by atoms with Gasteiger partial charge in [0.1, 0.15) is 5.75 Å². The number of aromatic nitrogens is 1. The van der Waals surface area contributed by atoms with Crippen molar-refractivity contribution in [2.45, 2.75) is 0 Å². The molecule has 0 aliphatic heterocycles. The van der Waals surface area contributed by atoms with Crippen LogP contribution in [0.2, 0.25) is 0 Å². The van der Waals surface area contributed by atoms with Crippen LogP contribution in [-0.4, -0.2) is 18.5 Å². The molecule has 4 heteroatoms. The highest BCUT2D eigenvalue weighted by atomic mass is 16.7. The molecule has 0 N–H and O–H groups in total. The SMILES string of the molecule is COCOc1ccc(=O)n(C)c1. The van der Waals surface area contributed by atoms with E-state index in [0.717, 1.165) is 0 Å². The number of rotatable bonds is 3. The van der Waals surface area contributed by atoms with Crippen LogP contribution in [0.1, 0.15) is 0 Å². The highest BCUT2D eigenvalue weighted by Gasteiger charge is 1.94. The predicted molar refractivity (Wildman–Crippen MR) is 44.2 cm³/mol. The van der Waals surface area contributed by atoms with E-state index in [4.69, 9.17) is 9.47 Å². The topological polar surface area (TPSA) is 40.5 Å². The minimum atomic E-state index is -0.0558. The second-order valence-corrected chi connectivity index (χ2v) is 2.36. The molecular formula is C8H11NO3. The van der Waals surface area contributed by atoms with Crippen molar-refractivity contribution in [1.82, 2.24) is 4.57 Å². The molecule has 0 spiro atoms. The fraction of sp³-hybridized carbons (Fsp3) is 0.375. The number of nitrogens with zero attached hydrogens (tertiary/aromatic N) is 1. The summed E-state index contributed by atoms with van der Waals surface area (Å²) in [4.78, 5) is 10.9. The fourth-order valence-corrected chi connectivity index (χ4v) is 0.781. The third-order valence-electron chi connectivity index (χ3n) is 1.40. The summed E-state index contributed by atoms with van der Waals surface area (Å²) in [5.74, 6) is 0.624. The minimum Gasteiger partial charge on any atom is -0.466 e. The van der Waals surface area contributed by atoms with Gasteiger partial charge in [0, 0.05) is 26.4 Å². The molecule has 4 nitrogen and oxygen atoms in total. The molecule has 0 fully saturated rings.